The van der Waals surface area contributed by atoms with Gasteiger partial charge < -0.3 is 5.11 Å². The number of hydrogen-bond donors (Lipinski definition) is 1. The van der Waals surface area contributed by atoms with E-state index < -0.39 is 0 Å². The molecule has 1 aromatic rings. The molecule has 0 saturated carbocycles. The zero-order chi connectivity index (χ0) is 17.3. The van der Waals surface area contributed by atoms with Crippen LogP contribution in [0.15, 0.2) is 30.4 Å². The molecule has 0 aromatic heterocycles. The van der Waals surface area contributed by atoms with Crippen LogP contribution in [-0.4, -0.2) is 11.7 Å². The van der Waals surface area contributed by atoms with Gasteiger partial charge in [-0.2, -0.15) is 0 Å². The van der Waals surface area contributed by atoms with E-state index in [2.05, 4.69) is 65.8 Å². The Bertz CT molecular complexity index is 624. The van der Waals surface area contributed by atoms with E-state index in [9.17, 15) is 5.11 Å². The van der Waals surface area contributed by atoms with E-state index in [1.165, 1.54) is 27.8 Å². The van der Waals surface area contributed by atoms with Gasteiger partial charge in [0, 0.05) is 0 Å². The molecule has 1 aromatic carbocycles. The van der Waals surface area contributed by atoms with E-state index >= 15 is 0 Å². The molecule has 0 heterocycles. The Balaban J connectivity index is 2.60. The third-order valence-electron chi connectivity index (χ3n) is 4.89. The molecular formula is C22H32O. The van der Waals surface area contributed by atoms with Crippen LogP contribution in [0.3, 0.4) is 0 Å². The van der Waals surface area contributed by atoms with Crippen LogP contribution in [0.4, 0.5) is 0 Å². The maximum Gasteiger partial charge on any atom is 0.0618 e. The first-order valence-corrected chi connectivity index (χ1v) is 8.86. The first-order valence-electron chi connectivity index (χ1n) is 8.86. The second-order valence-corrected chi connectivity index (χ2v) is 8.38. The maximum atomic E-state index is 9.34. The van der Waals surface area contributed by atoms with Crippen molar-refractivity contribution < 1.29 is 5.11 Å². The summed E-state index contributed by atoms with van der Waals surface area (Å²) in [4.78, 5) is 0. The molecule has 0 fully saturated rings. The van der Waals surface area contributed by atoms with Gasteiger partial charge in [0.2, 0.25) is 0 Å². The fourth-order valence-corrected chi connectivity index (χ4v) is 3.59. The molecule has 0 unspecified atom stereocenters. The van der Waals surface area contributed by atoms with Gasteiger partial charge in [0.25, 0.3) is 0 Å². The van der Waals surface area contributed by atoms with Gasteiger partial charge in [-0.15, -0.1) is 0 Å². The molecule has 2 rings (SSSR count). The van der Waals surface area contributed by atoms with Crippen molar-refractivity contribution >= 4 is 11.1 Å². The first-order chi connectivity index (χ1) is 10.7. The summed E-state index contributed by atoms with van der Waals surface area (Å²) >= 11 is 0. The van der Waals surface area contributed by atoms with E-state index in [-0.39, 0.29) is 17.4 Å². The molecule has 0 spiro atoms. The topological polar surface area (TPSA) is 20.2 Å². The van der Waals surface area contributed by atoms with Crippen LogP contribution in [0.1, 0.15) is 77.5 Å². The second kappa shape index (κ2) is 6.65. The highest BCUT2D eigenvalue weighted by Gasteiger charge is 2.32. The lowest BCUT2D eigenvalue weighted by molar-refractivity contribution is 0.343. The van der Waals surface area contributed by atoms with E-state index in [1.807, 2.05) is 6.08 Å². The Hall–Kier alpha value is -1.34. The fraction of sp³-hybridized carbons (Fsp3) is 0.545. The zero-order valence-corrected chi connectivity index (χ0v) is 15.7. The lowest BCUT2D eigenvalue weighted by atomic mass is 9.68. The first kappa shape index (κ1) is 18.0. The van der Waals surface area contributed by atoms with E-state index in [0.29, 0.717) is 0 Å². The van der Waals surface area contributed by atoms with Crippen LogP contribution in [0, 0.1) is 5.41 Å². The molecule has 0 saturated heterocycles. The maximum absolute atomic E-state index is 9.34. The van der Waals surface area contributed by atoms with E-state index in [1.54, 1.807) is 0 Å². The Morgan fingerprint density at radius 2 is 1.96 bits per heavy atom. The molecule has 0 bridgehead atoms. The number of aliphatic hydroxyl groups is 1. The Labute approximate surface area is 142 Å². The van der Waals surface area contributed by atoms with Crippen LogP contribution in [-0.2, 0) is 5.41 Å². The predicted molar refractivity (Wildman–Crippen MR) is 101 cm³/mol. The molecule has 0 atom stereocenters. The third kappa shape index (κ3) is 3.77. The van der Waals surface area contributed by atoms with Gasteiger partial charge >= 0.3 is 0 Å². The number of rotatable bonds is 4. The van der Waals surface area contributed by atoms with Gasteiger partial charge in [-0.1, -0.05) is 72.2 Å². The van der Waals surface area contributed by atoms with Crippen molar-refractivity contribution in [1.82, 2.24) is 0 Å². The second-order valence-electron chi connectivity index (χ2n) is 8.38. The van der Waals surface area contributed by atoms with Crippen molar-refractivity contribution in [2.24, 2.45) is 5.41 Å². The lowest BCUT2D eigenvalue weighted by Crippen LogP contribution is -2.25. The molecule has 0 radical (unpaired) electrons. The van der Waals surface area contributed by atoms with Gasteiger partial charge in [-0.05, 0) is 57.6 Å². The zero-order valence-electron chi connectivity index (χ0n) is 15.7. The summed E-state index contributed by atoms with van der Waals surface area (Å²) in [6.45, 7) is 13.8. The van der Waals surface area contributed by atoms with Crippen molar-refractivity contribution in [2.75, 3.05) is 6.61 Å². The molecule has 1 heteroatoms. The SMILES string of the molecule is CCCC(=CCO)c1ccc2c(c1)C(C(C)(C)C)=CCC2(C)C. The molecule has 1 nitrogen and oxygen atoms in total. The van der Waals surface area contributed by atoms with Crippen LogP contribution in [0.25, 0.3) is 11.1 Å². The summed E-state index contributed by atoms with van der Waals surface area (Å²) in [6.07, 6.45) is 7.59. The van der Waals surface area contributed by atoms with Gasteiger partial charge in [0.05, 0.1) is 6.61 Å². The summed E-state index contributed by atoms with van der Waals surface area (Å²) in [6, 6.07) is 6.90. The summed E-state index contributed by atoms with van der Waals surface area (Å²) in [5, 5.41) is 9.34. The van der Waals surface area contributed by atoms with Gasteiger partial charge in [-0.3, -0.25) is 0 Å². The average Bonchev–Trinajstić information content (AvgIpc) is 2.45. The third-order valence-corrected chi connectivity index (χ3v) is 4.89. The molecule has 1 aliphatic carbocycles. The average molecular weight is 312 g/mol. The molecule has 0 amide bonds. The number of benzene rings is 1. The highest BCUT2D eigenvalue weighted by Crippen LogP contribution is 2.46. The number of fused-ring (bicyclic) bond motifs is 1. The highest BCUT2D eigenvalue weighted by atomic mass is 16.2. The smallest absolute Gasteiger partial charge is 0.0618 e. The number of aliphatic hydroxyl groups excluding tert-OH is 1. The molecule has 0 aliphatic heterocycles. The Morgan fingerprint density at radius 1 is 1.26 bits per heavy atom. The van der Waals surface area contributed by atoms with Crippen molar-refractivity contribution in [3.63, 3.8) is 0 Å². The summed E-state index contributed by atoms with van der Waals surface area (Å²) in [5.74, 6) is 0. The fourth-order valence-electron chi connectivity index (χ4n) is 3.59. The number of hydrogen-bond acceptors (Lipinski definition) is 1. The Morgan fingerprint density at radius 3 is 2.52 bits per heavy atom. The van der Waals surface area contributed by atoms with Crippen molar-refractivity contribution in [3.05, 3.63) is 47.0 Å². The van der Waals surface area contributed by atoms with Gasteiger partial charge in [0.1, 0.15) is 0 Å². The van der Waals surface area contributed by atoms with E-state index in [4.69, 9.17) is 0 Å². The van der Waals surface area contributed by atoms with Crippen molar-refractivity contribution in [1.29, 1.82) is 0 Å². The van der Waals surface area contributed by atoms with Gasteiger partial charge in [-0.25, -0.2) is 0 Å². The summed E-state index contributed by atoms with van der Waals surface area (Å²) in [5.41, 5.74) is 7.15. The highest BCUT2D eigenvalue weighted by molar-refractivity contribution is 5.78. The molecule has 126 valence electrons. The summed E-state index contributed by atoms with van der Waals surface area (Å²) < 4.78 is 0. The van der Waals surface area contributed by atoms with Crippen molar-refractivity contribution in [2.45, 2.75) is 66.2 Å². The lowest BCUT2D eigenvalue weighted by Gasteiger charge is -2.37. The molecule has 1 aliphatic rings. The quantitative estimate of drug-likeness (QED) is 0.725. The van der Waals surface area contributed by atoms with Crippen LogP contribution < -0.4 is 0 Å². The minimum Gasteiger partial charge on any atom is -0.392 e. The molecular weight excluding hydrogens is 280 g/mol. The standard InChI is InChI=1S/C22H32O/c1-7-8-16(12-14-23)17-9-10-20-18(15-17)19(21(2,3)4)11-13-22(20,5)6/h9-12,15,23H,7-8,13-14H2,1-6H3. The normalized spacial score (nSPS) is 17.7. The van der Waals surface area contributed by atoms with Gasteiger partial charge in [0.15, 0.2) is 0 Å². The molecule has 1 N–H and O–H groups in total. The largest absolute Gasteiger partial charge is 0.392 e. The predicted octanol–water partition coefficient (Wildman–Crippen LogP) is 5.97. The van der Waals surface area contributed by atoms with Crippen molar-refractivity contribution in [3.8, 4) is 0 Å². The minimum atomic E-state index is 0.111. The van der Waals surface area contributed by atoms with Crippen LogP contribution in [0.5, 0.6) is 0 Å². The van der Waals surface area contributed by atoms with Crippen LogP contribution >= 0.6 is 0 Å². The monoisotopic (exact) mass is 312 g/mol. The van der Waals surface area contributed by atoms with E-state index in [0.717, 1.165) is 19.3 Å². The van der Waals surface area contributed by atoms with Crippen LogP contribution in [0.2, 0.25) is 0 Å². The molecule has 23 heavy (non-hydrogen) atoms. The minimum absolute atomic E-state index is 0.111. The summed E-state index contributed by atoms with van der Waals surface area (Å²) in [7, 11) is 0. The Kier molecular flexibility index (Phi) is 5.20. The number of allylic oxidation sites excluding steroid dienone is 3.